The van der Waals surface area contributed by atoms with Crippen LogP contribution in [0.5, 0.6) is 0 Å². The molecular weight excluding hydrogens is 300 g/mol. The molecule has 0 bridgehead atoms. The van der Waals surface area contributed by atoms with Crippen LogP contribution in [0, 0.1) is 17.5 Å². The number of nitrogens with two attached hydrogens (primary N) is 1. The van der Waals surface area contributed by atoms with Gasteiger partial charge in [0.2, 0.25) is 0 Å². The molecular formula is C12H7Cl2F3N2. The number of anilines is 3. The van der Waals surface area contributed by atoms with Gasteiger partial charge < -0.3 is 11.1 Å². The normalized spacial score (nSPS) is 10.6. The molecule has 0 atom stereocenters. The topological polar surface area (TPSA) is 38.0 Å². The second-order valence-electron chi connectivity index (χ2n) is 3.73. The van der Waals surface area contributed by atoms with Crippen molar-refractivity contribution in [3.63, 3.8) is 0 Å². The number of halogens is 5. The highest BCUT2D eigenvalue weighted by Gasteiger charge is 2.15. The number of nitrogen functional groups attached to an aromatic ring is 1. The number of benzene rings is 2. The highest BCUT2D eigenvalue weighted by molar-refractivity contribution is 6.39. The average Bonchev–Trinajstić information content (AvgIpc) is 2.25. The van der Waals surface area contributed by atoms with Gasteiger partial charge in [0.1, 0.15) is 11.5 Å². The lowest BCUT2D eigenvalue weighted by Gasteiger charge is -2.12. The largest absolute Gasteiger partial charge is 0.399 e. The van der Waals surface area contributed by atoms with Crippen molar-refractivity contribution in [2.75, 3.05) is 11.1 Å². The fourth-order valence-electron chi connectivity index (χ4n) is 1.50. The van der Waals surface area contributed by atoms with E-state index in [-0.39, 0.29) is 15.7 Å². The van der Waals surface area contributed by atoms with E-state index in [1.807, 2.05) is 0 Å². The second kappa shape index (κ2) is 5.19. The molecule has 0 saturated carbocycles. The Labute approximate surface area is 116 Å². The molecule has 2 aromatic carbocycles. The van der Waals surface area contributed by atoms with E-state index in [0.717, 1.165) is 0 Å². The summed E-state index contributed by atoms with van der Waals surface area (Å²) >= 11 is 11.7. The van der Waals surface area contributed by atoms with Gasteiger partial charge in [0.25, 0.3) is 0 Å². The lowest BCUT2D eigenvalue weighted by Crippen LogP contribution is -2.00. The lowest BCUT2D eigenvalue weighted by molar-refractivity contribution is 0.549. The van der Waals surface area contributed by atoms with Crippen LogP contribution in [0.25, 0.3) is 0 Å². The molecule has 7 heteroatoms. The van der Waals surface area contributed by atoms with Crippen LogP contribution in [-0.4, -0.2) is 0 Å². The lowest BCUT2D eigenvalue weighted by atomic mass is 10.2. The van der Waals surface area contributed by atoms with E-state index in [0.29, 0.717) is 17.8 Å². The van der Waals surface area contributed by atoms with E-state index in [1.54, 1.807) is 0 Å². The van der Waals surface area contributed by atoms with E-state index in [2.05, 4.69) is 5.32 Å². The summed E-state index contributed by atoms with van der Waals surface area (Å²) in [5.74, 6) is -3.21. The number of hydrogen-bond donors (Lipinski definition) is 2. The van der Waals surface area contributed by atoms with Gasteiger partial charge in [-0.25, -0.2) is 13.2 Å². The Hall–Kier alpha value is -1.59. The first kappa shape index (κ1) is 13.8. The summed E-state index contributed by atoms with van der Waals surface area (Å²) in [6.07, 6.45) is 0. The molecule has 2 rings (SSSR count). The van der Waals surface area contributed by atoms with Crippen LogP contribution in [0.15, 0.2) is 24.3 Å². The molecule has 0 unspecified atom stereocenters. The zero-order chi connectivity index (χ0) is 14.2. The summed E-state index contributed by atoms with van der Waals surface area (Å²) in [7, 11) is 0. The van der Waals surface area contributed by atoms with Gasteiger partial charge in [-0.2, -0.15) is 0 Å². The maximum atomic E-state index is 13.5. The van der Waals surface area contributed by atoms with Crippen LogP contribution >= 0.6 is 23.2 Å². The third-order valence-electron chi connectivity index (χ3n) is 2.32. The third-order valence-corrected chi connectivity index (χ3v) is 2.92. The van der Waals surface area contributed by atoms with Crippen molar-refractivity contribution >= 4 is 40.3 Å². The van der Waals surface area contributed by atoms with E-state index >= 15 is 0 Å². The summed E-state index contributed by atoms with van der Waals surface area (Å²) in [6, 6.07) is 3.83. The van der Waals surface area contributed by atoms with Gasteiger partial charge in [-0.15, -0.1) is 0 Å². The highest BCUT2D eigenvalue weighted by Crippen LogP contribution is 2.36. The zero-order valence-corrected chi connectivity index (χ0v) is 10.8. The second-order valence-corrected chi connectivity index (χ2v) is 4.54. The Morgan fingerprint density at radius 3 is 1.79 bits per heavy atom. The molecule has 0 amide bonds. The molecule has 0 spiro atoms. The molecule has 2 aromatic rings. The van der Waals surface area contributed by atoms with Gasteiger partial charge in [-0.1, -0.05) is 23.2 Å². The van der Waals surface area contributed by atoms with Crippen molar-refractivity contribution in [3.05, 3.63) is 51.8 Å². The smallest absolute Gasteiger partial charge is 0.152 e. The van der Waals surface area contributed by atoms with E-state index in [1.165, 1.54) is 12.1 Å². The van der Waals surface area contributed by atoms with Crippen molar-refractivity contribution in [1.29, 1.82) is 0 Å². The van der Waals surface area contributed by atoms with Gasteiger partial charge in [0, 0.05) is 17.8 Å². The highest BCUT2D eigenvalue weighted by atomic mass is 35.5. The molecule has 0 aromatic heterocycles. The molecule has 0 aliphatic heterocycles. The van der Waals surface area contributed by atoms with Crippen LogP contribution in [0.1, 0.15) is 0 Å². The number of nitrogens with one attached hydrogen (secondary N) is 1. The molecule has 19 heavy (non-hydrogen) atoms. The van der Waals surface area contributed by atoms with Gasteiger partial charge in [-0.05, 0) is 12.1 Å². The Kier molecular flexibility index (Phi) is 3.78. The minimum atomic E-state index is -1.10. The minimum Gasteiger partial charge on any atom is -0.399 e. The number of rotatable bonds is 2. The summed E-state index contributed by atoms with van der Waals surface area (Å²) in [5.41, 5.74) is 5.35. The summed E-state index contributed by atoms with van der Waals surface area (Å²) < 4.78 is 39.8. The third kappa shape index (κ3) is 2.88. The molecule has 3 N–H and O–H groups in total. The molecule has 0 fully saturated rings. The molecule has 0 saturated heterocycles. The molecule has 0 aliphatic rings. The van der Waals surface area contributed by atoms with E-state index in [4.69, 9.17) is 28.9 Å². The maximum absolute atomic E-state index is 13.5. The van der Waals surface area contributed by atoms with Crippen LogP contribution in [0.4, 0.5) is 30.2 Å². The number of hydrogen-bond acceptors (Lipinski definition) is 2. The van der Waals surface area contributed by atoms with Gasteiger partial charge in [0.05, 0.1) is 15.7 Å². The fraction of sp³-hybridized carbons (Fsp3) is 0. The fourth-order valence-corrected chi connectivity index (χ4v) is 2.10. The SMILES string of the molecule is Nc1cc(Cl)c(Nc2c(F)cc(F)cc2F)c(Cl)c1. The Balaban J connectivity index is 2.48. The summed E-state index contributed by atoms with van der Waals surface area (Å²) in [5, 5.41) is 2.58. The first-order chi connectivity index (χ1) is 8.88. The molecule has 0 radical (unpaired) electrons. The standard InChI is InChI=1S/C12H7Cl2F3N2/c13-7-3-6(18)4-8(14)11(7)19-12-9(16)1-5(15)2-10(12)17/h1-4,19H,18H2. The van der Waals surface area contributed by atoms with Crippen molar-refractivity contribution in [3.8, 4) is 0 Å². The van der Waals surface area contributed by atoms with Crippen LogP contribution in [0.3, 0.4) is 0 Å². The zero-order valence-electron chi connectivity index (χ0n) is 9.28. The summed E-state index contributed by atoms with van der Waals surface area (Å²) in [6.45, 7) is 0. The maximum Gasteiger partial charge on any atom is 0.152 e. The minimum absolute atomic E-state index is 0.0851. The monoisotopic (exact) mass is 306 g/mol. The quantitative estimate of drug-likeness (QED) is 0.787. The summed E-state index contributed by atoms with van der Waals surface area (Å²) in [4.78, 5) is 0. The molecule has 0 aliphatic carbocycles. The van der Waals surface area contributed by atoms with Crippen LogP contribution < -0.4 is 11.1 Å². The predicted octanol–water partition coefficient (Wildman–Crippen LogP) is 4.74. The Morgan fingerprint density at radius 2 is 1.32 bits per heavy atom. The van der Waals surface area contributed by atoms with Crippen LogP contribution in [0.2, 0.25) is 10.0 Å². The van der Waals surface area contributed by atoms with Gasteiger partial charge >= 0.3 is 0 Å². The van der Waals surface area contributed by atoms with Crippen LogP contribution in [-0.2, 0) is 0 Å². The van der Waals surface area contributed by atoms with Crippen molar-refractivity contribution in [1.82, 2.24) is 0 Å². The van der Waals surface area contributed by atoms with Crippen molar-refractivity contribution in [2.45, 2.75) is 0 Å². The van der Waals surface area contributed by atoms with E-state index < -0.39 is 23.1 Å². The predicted molar refractivity (Wildman–Crippen MR) is 70.5 cm³/mol. The first-order valence-electron chi connectivity index (χ1n) is 5.04. The average molecular weight is 307 g/mol. The van der Waals surface area contributed by atoms with E-state index in [9.17, 15) is 13.2 Å². The molecule has 2 nitrogen and oxygen atoms in total. The first-order valence-corrected chi connectivity index (χ1v) is 5.80. The van der Waals surface area contributed by atoms with Gasteiger partial charge in [0.15, 0.2) is 11.6 Å². The van der Waals surface area contributed by atoms with Crippen molar-refractivity contribution in [2.24, 2.45) is 0 Å². The Bertz CT molecular complexity index is 545. The van der Waals surface area contributed by atoms with Crippen molar-refractivity contribution < 1.29 is 13.2 Å². The van der Waals surface area contributed by atoms with Gasteiger partial charge in [-0.3, -0.25) is 0 Å². The molecule has 0 heterocycles. The Morgan fingerprint density at radius 1 is 0.842 bits per heavy atom. The molecule has 100 valence electrons.